The summed E-state index contributed by atoms with van der Waals surface area (Å²) in [5.41, 5.74) is 5.84. The Labute approximate surface area is 165 Å². The van der Waals surface area contributed by atoms with Crippen LogP contribution in [0.5, 0.6) is 5.75 Å². The second kappa shape index (κ2) is 7.47. The molecule has 0 aliphatic heterocycles. The number of aromatic hydroxyl groups is 1. The van der Waals surface area contributed by atoms with E-state index in [2.05, 4.69) is 10.9 Å². The van der Waals surface area contributed by atoms with Crippen LogP contribution in [0.4, 0.5) is 0 Å². The number of hydrogen-bond acceptors (Lipinski definition) is 4. The van der Waals surface area contributed by atoms with Crippen LogP contribution in [-0.2, 0) is 11.3 Å². The van der Waals surface area contributed by atoms with Crippen LogP contribution in [0.2, 0.25) is 0 Å². The van der Waals surface area contributed by atoms with Gasteiger partial charge in [-0.2, -0.15) is 0 Å². The SMILES string of the molecule is O=C(Cn1c2ccccc2c(=O)c2ccccc21)NNC(=O)c1ccccc1O. The molecule has 0 spiro atoms. The minimum atomic E-state index is -0.633. The number of phenolic OH excluding ortho intramolecular Hbond substituents is 1. The number of aromatic nitrogens is 1. The second-order valence-corrected chi connectivity index (χ2v) is 6.47. The molecule has 0 bridgehead atoms. The first-order chi connectivity index (χ1) is 14.1. The Kier molecular flexibility index (Phi) is 4.70. The van der Waals surface area contributed by atoms with Gasteiger partial charge >= 0.3 is 0 Å². The predicted molar refractivity (Wildman–Crippen MR) is 109 cm³/mol. The van der Waals surface area contributed by atoms with E-state index in [-0.39, 0.29) is 23.3 Å². The van der Waals surface area contributed by atoms with Crippen LogP contribution in [0.1, 0.15) is 10.4 Å². The minimum Gasteiger partial charge on any atom is -0.507 e. The molecule has 4 aromatic rings. The predicted octanol–water partition coefficient (Wildman–Crippen LogP) is 2.32. The Bertz CT molecular complexity index is 1250. The van der Waals surface area contributed by atoms with Crippen LogP contribution < -0.4 is 16.3 Å². The highest BCUT2D eigenvalue weighted by molar-refractivity contribution is 5.98. The fourth-order valence-electron chi connectivity index (χ4n) is 3.29. The minimum absolute atomic E-state index is 0.0482. The number of fused-ring (bicyclic) bond motifs is 2. The van der Waals surface area contributed by atoms with Crippen molar-refractivity contribution in [2.45, 2.75) is 6.54 Å². The molecule has 1 heterocycles. The first-order valence-corrected chi connectivity index (χ1v) is 8.94. The standard InChI is InChI=1S/C22H17N3O4/c26-19-12-6-3-9-16(19)22(29)24-23-20(27)13-25-17-10-4-1-7-14(17)21(28)15-8-2-5-11-18(15)25/h1-12,26H,13H2,(H,23,27)(H,24,29). The summed E-state index contributed by atoms with van der Waals surface area (Å²) in [5.74, 6) is -1.30. The molecule has 1 aromatic heterocycles. The van der Waals surface area contributed by atoms with Gasteiger partial charge in [-0.25, -0.2) is 0 Å². The van der Waals surface area contributed by atoms with Gasteiger partial charge in [-0.05, 0) is 36.4 Å². The second-order valence-electron chi connectivity index (χ2n) is 6.47. The zero-order valence-electron chi connectivity index (χ0n) is 15.3. The number of hydrazine groups is 1. The number of carbonyl (C=O) groups excluding carboxylic acids is 2. The van der Waals surface area contributed by atoms with Crippen molar-refractivity contribution in [1.29, 1.82) is 0 Å². The number of benzene rings is 3. The van der Waals surface area contributed by atoms with Gasteiger partial charge in [-0.15, -0.1) is 0 Å². The average Bonchev–Trinajstić information content (AvgIpc) is 2.75. The van der Waals surface area contributed by atoms with E-state index in [0.717, 1.165) is 0 Å². The molecule has 4 rings (SSSR count). The maximum Gasteiger partial charge on any atom is 0.273 e. The normalized spacial score (nSPS) is 10.8. The lowest BCUT2D eigenvalue weighted by Crippen LogP contribution is -2.43. The summed E-state index contributed by atoms with van der Waals surface area (Å²) in [6, 6.07) is 20.2. The lowest BCUT2D eigenvalue weighted by atomic mass is 10.1. The fraction of sp³-hybridized carbons (Fsp3) is 0.0455. The molecule has 0 aliphatic rings. The maximum atomic E-state index is 12.7. The van der Waals surface area contributed by atoms with Gasteiger partial charge in [0.1, 0.15) is 12.3 Å². The Morgan fingerprint density at radius 3 is 1.97 bits per heavy atom. The van der Waals surface area contributed by atoms with Crippen LogP contribution in [0, 0.1) is 0 Å². The van der Waals surface area contributed by atoms with Crippen molar-refractivity contribution in [3.63, 3.8) is 0 Å². The number of nitrogens with zero attached hydrogens (tertiary/aromatic N) is 1. The zero-order valence-corrected chi connectivity index (χ0v) is 15.3. The molecule has 3 N–H and O–H groups in total. The molecule has 0 fully saturated rings. The molecule has 144 valence electrons. The number of carbonyl (C=O) groups is 2. The molecule has 0 saturated heterocycles. The highest BCUT2D eigenvalue weighted by Crippen LogP contribution is 2.19. The topological polar surface area (TPSA) is 100 Å². The van der Waals surface area contributed by atoms with E-state index in [4.69, 9.17) is 0 Å². The lowest BCUT2D eigenvalue weighted by Gasteiger charge is -2.15. The van der Waals surface area contributed by atoms with Crippen LogP contribution >= 0.6 is 0 Å². The summed E-state index contributed by atoms with van der Waals surface area (Å²) in [4.78, 5) is 37.4. The number of pyridine rings is 1. The van der Waals surface area contributed by atoms with Crippen LogP contribution in [0.15, 0.2) is 77.6 Å². The molecular weight excluding hydrogens is 370 g/mol. The Morgan fingerprint density at radius 1 is 0.793 bits per heavy atom. The summed E-state index contributed by atoms with van der Waals surface area (Å²) in [6.45, 7) is -0.109. The zero-order chi connectivity index (χ0) is 20.4. The van der Waals surface area contributed by atoms with Gasteiger partial charge in [0.05, 0.1) is 16.6 Å². The summed E-state index contributed by atoms with van der Waals surface area (Å²) < 4.78 is 1.73. The van der Waals surface area contributed by atoms with Crippen molar-refractivity contribution in [1.82, 2.24) is 15.4 Å². The molecule has 29 heavy (non-hydrogen) atoms. The largest absolute Gasteiger partial charge is 0.507 e. The summed E-state index contributed by atoms with van der Waals surface area (Å²) in [7, 11) is 0. The number of nitrogens with one attached hydrogen (secondary N) is 2. The summed E-state index contributed by atoms with van der Waals surface area (Å²) in [6.07, 6.45) is 0. The highest BCUT2D eigenvalue weighted by atomic mass is 16.3. The number of phenols is 1. The third-order valence-corrected chi connectivity index (χ3v) is 4.64. The van der Waals surface area contributed by atoms with E-state index in [0.29, 0.717) is 21.8 Å². The van der Waals surface area contributed by atoms with Crippen LogP contribution in [0.3, 0.4) is 0 Å². The van der Waals surface area contributed by atoms with Crippen molar-refractivity contribution in [2.24, 2.45) is 0 Å². The van der Waals surface area contributed by atoms with Crippen molar-refractivity contribution >= 4 is 33.6 Å². The first-order valence-electron chi connectivity index (χ1n) is 8.94. The van der Waals surface area contributed by atoms with Gasteiger partial charge in [-0.3, -0.25) is 25.2 Å². The first kappa shape index (κ1) is 18.2. The Morgan fingerprint density at radius 2 is 1.34 bits per heavy atom. The van der Waals surface area contributed by atoms with Crippen molar-refractivity contribution in [2.75, 3.05) is 0 Å². The smallest absolute Gasteiger partial charge is 0.273 e. The van der Waals surface area contributed by atoms with Gasteiger partial charge in [0, 0.05) is 10.8 Å². The summed E-state index contributed by atoms with van der Waals surface area (Å²) in [5, 5.41) is 10.8. The fourth-order valence-corrected chi connectivity index (χ4v) is 3.29. The quantitative estimate of drug-likeness (QED) is 0.371. The van der Waals surface area contributed by atoms with Gasteiger partial charge in [0.15, 0.2) is 5.43 Å². The lowest BCUT2D eigenvalue weighted by molar-refractivity contribution is -0.122. The molecule has 0 saturated carbocycles. The van der Waals surface area contributed by atoms with Crippen molar-refractivity contribution in [3.8, 4) is 5.75 Å². The molecule has 7 nitrogen and oxygen atoms in total. The molecule has 0 unspecified atom stereocenters. The molecular formula is C22H17N3O4. The average molecular weight is 387 g/mol. The van der Waals surface area contributed by atoms with Crippen LogP contribution in [0.25, 0.3) is 21.8 Å². The van der Waals surface area contributed by atoms with E-state index >= 15 is 0 Å². The van der Waals surface area contributed by atoms with Crippen molar-refractivity contribution < 1.29 is 14.7 Å². The number of para-hydroxylation sites is 3. The monoisotopic (exact) mass is 387 g/mol. The van der Waals surface area contributed by atoms with Crippen molar-refractivity contribution in [3.05, 3.63) is 88.6 Å². The molecule has 0 atom stereocenters. The highest BCUT2D eigenvalue weighted by Gasteiger charge is 2.14. The third kappa shape index (κ3) is 3.41. The van der Waals surface area contributed by atoms with Gasteiger partial charge in [0.25, 0.3) is 11.8 Å². The number of hydrogen-bond donors (Lipinski definition) is 3. The van der Waals surface area contributed by atoms with E-state index in [1.807, 2.05) is 0 Å². The number of rotatable bonds is 3. The molecule has 3 aromatic carbocycles. The molecule has 2 amide bonds. The van der Waals surface area contributed by atoms with E-state index in [1.165, 1.54) is 12.1 Å². The van der Waals surface area contributed by atoms with Gasteiger partial charge < -0.3 is 9.67 Å². The van der Waals surface area contributed by atoms with E-state index < -0.39 is 11.8 Å². The Hall–Kier alpha value is -4.13. The Balaban J connectivity index is 1.63. The molecule has 7 heteroatoms. The maximum absolute atomic E-state index is 12.7. The van der Waals surface area contributed by atoms with Gasteiger partial charge in [-0.1, -0.05) is 36.4 Å². The molecule has 0 aliphatic carbocycles. The molecule has 0 radical (unpaired) electrons. The van der Waals surface area contributed by atoms with Crippen LogP contribution in [-0.4, -0.2) is 21.5 Å². The van der Waals surface area contributed by atoms with E-state index in [9.17, 15) is 19.5 Å². The number of amides is 2. The van der Waals surface area contributed by atoms with E-state index in [1.54, 1.807) is 65.2 Å². The van der Waals surface area contributed by atoms with Gasteiger partial charge in [0.2, 0.25) is 0 Å². The summed E-state index contributed by atoms with van der Waals surface area (Å²) >= 11 is 0. The third-order valence-electron chi connectivity index (χ3n) is 4.64.